The molecule has 2 aromatic rings. The fourth-order valence-corrected chi connectivity index (χ4v) is 1.65. The van der Waals surface area contributed by atoms with E-state index >= 15 is 0 Å². The maximum Gasteiger partial charge on any atom is 0.262 e. The number of ether oxygens (including phenoxy) is 1. The Morgan fingerprint density at radius 3 is 2.35 bits per heavy atom. The van der Waals surface area contributed by atoms with Crippen molar-refractivity contribution >= 4 is 29.5 Å². The first-order valence-electron chi connectivity index (χ1n) is 5.91. The summed E-state index contributed by atoms with van der Waals surface area (Å²) in [6.45, 7) is -0.108. The van der Waals surface area contributed by atoms with Crippen LogP contribution in [0, 0.1) is 0 Å². The van der Waals surface area contributed by atoms with Crippen molar-refractivity contribution in [3.05, 3.63) is 59.1 Å². The summed E-state index contributed by atoms with van der Waals surface area (Å²) in [5.74, 6) is 0.258. The van der Waals surface area contributed by atoms with Gasteiger partial charge in [0.1, 0.15) is 12.0 Å². The molecule has 5 heteroatoms. The first kappa shape index (κ1) is 14.1. The first-order chi connectivity index (χ1) is 9.67. The van der Waals surface area contributed by atoms with Crippen LogP contribution >= 0.6 is 11.6 Å². The van der Waals surface area contributed by atoms with Crippen LogP contribution in [-0.2, 0) is 4.79 Å². The average molecular weight is 290 g/mol. The van der Waals surface area contributed by atoms with E-state index in [9.17, 15) is 9.59 Å². The van der Waals surface area contributed by atoms with E-state index < -0.39 is 0 Å². The second-order valence-electron chi connectivity index (χ2n) is 4.03. The Bertz CT molecular complexity index is 594. The third-order valence-corrected chi connectivity index (χ3v) is 2.77. The molecule has 2 aromatic carbocycles. The van der Waals surface area contributed by atoms with E-state index in [1.54, 1.807) is 48.5 Å². The third kappa shape index (κ3) is 4.10. The van der Waals surface area contributed by atoms with Gasteiger partial charge < -0.3 is 10.1 Å². The van der Waals surface area contributed by atoms with Crippen molar-refractivity contribution in [2.75, 3.05) is 11.9 Å². The van der Waals surface area contributed by atoms with E-state index in [0.717, 1.165) is 6.29 Å². The Morgan fingerprint density at radius 2 is 1.75 bits per heavy atom. The lowest BCUT2D eigenvalue weighted by Gasteiger charge is -2.07. The summed E-state index contributed by atoms with van der Waals surface area (Å²) in [6, 6.07) is 13.3. The van der Waals surface area contributed by atoms with Crippen molar-refractivity contribution in [1.29, 1.82) is 0 Å². The van der Waals surface area contributed by atoms with Crippen LogP contribution < -0.4 is 10.1 Å². The molecule has 0 aliphatic heterocycles. The van der Waals surface area contributed by atoms with Crippen LogP contribution in [0.1, 0.15) is 10.4 Å². The molecule has 4 nitrogen and oxygen atoms in total. The maximum absolute atomic E-state index is 11.7. The summed E-state index contributed by atoms with van der Waals surface area (Å²) < 4.78 is 5.31. The normalized spacial score (nSPS) is 9.85. The summed E-state index contributed by atoms with van der Waals surface area (Å²) in [7, 11) is 0. The van der Waals surface area contributed by atoms with Crippen LogP contribution in [0.25, 0.3) is 0 Å². The molecule has 0 spiro atoms. The molecule has 0 aromatic heterocycles. The molecule has 20 heavy (non-hydrogen) atoms. The standard InChI is InChI=1S/C15H12ClNO3/c16-12-3-5-13(6-4-12)17-15(19)10-20-14-7-1-11(9-18)2-8-14/h1-9H,10H2,(H,17,19). The fraction of sp³-hybridized carbons (Fsp3) is 0.0667. The van der Waals surface area contributed by atoms with Gasteiger partial charge in [0.2, 0.25) is 0 Å². The van der Waals surface area contributed by atoms with Crippen LogP contribution in [0.4, 0.5) is 5.69 Å². The van der Waals surface area contributed by atoms with Gasteiger partial charge in [-0.1, -0.05) is 11.6 Å². The number of benzene rings is 2. The van der Waals surface area contributed by atoms with Crippen LogP contribution in [-0.4, -0.2) is 18.8 Å². The van der Waals surface area contributed by atoms with Gasteiger partial charge in [-0.2, -0.15) is 0 Å². The lowest BCUT2D eigenvalue weighted by molar-refractivity contribution is -0.118. The molecule has 0 heterocycles. The van der Waals surface area contributed by atoms with Crippen molar-refractivity contribution in [1.82, 2.24) is 0 Å². The summed E-state index contributed by atoms with van der Waals surface area (Å²) in [4.78, 5) is 22.2. The average Bonchev–Trinajstić information content (AvgIpc) is 2.48. The monoisotopic (exact) mass is 289 g/mol. The number of anilines is 1. The zero-order valence-corrected chi connectivity index (χ0v) is 11.3. The highest BCUT2D eigenvalue weighted by Crippen LogP contribution is 2.14. The zero-order valence-electron chi connectivity index (χ0n) is 10.5. The van der Waals surface area contributed by atoms with Gasteiger partial charge in [0.25, 0.3) is 5.91 Å². The van der Waals surface area contributed by atoms with Gasteiger partial charge >= 0.3 is 0 Å². The van der Waals surface area contributed by atoms with E-state index in [1.807, 2.05) is 0 Å². The molecular weight excluding hydrogens is 278 g/mol. The lowest BCUT2D eigenvalue weighted by Crippen LogP contribution is -2.20. The third-order valence-electron chi connectivity index (χ3n) is 2.51. The summed E-state index contributed by atoms with van der Waals surface area (Å²) in [5.41, 5.74) is 1.21. The van der Waals surface area contributed by atoms with Crippen molar-refractivity contribution in [2.45, 2.75) is 0 Å². The minimum absolute atomic E-state index is 0.108. The van der Waals surface area contributed by atoms with Crippen molar-refractivity contribution in [3.63, 3.8) is 0 Å². The van der Waals surface area contributed by atoms with Crippen molar-refractivity contribution < 1.29 is 14.3 Å². The number of carbonyl (C=O) groups is 2. The Morgan fingerprint density at radius 1 is 1.10 bits per heavy atom. The van der Waals surface area contributed by atoms with Gasteiger partial charge in [0.15, 0.2) is 6.61 Å². The second kappa shape index (κ2) is 6.73. The molecule has 0 radical (unpaired) electrons. The van der Waals surface area contributed by atoms with E-state index in [1.165, 1.54) is 0 Å². The van der Waals surface area contributed by atoms with Crippen molar-refractivity contribution in [3.8, 4) is 5.75 Å². The molecule has 0 saturated carbocycles. The van der Waals surface area contributed by atoms with E-state index in [0.29, 0.717) is 22.0 Å². The predicted molar refractivity (Wildman–Crippen MR) is 77.4 cm³/mol. The molecule has 1 N–H and O–H groups in total. The number of amides is 1. The minimum Gasteiger partial charge on any atom is -0.484 e. The number of hydrogen-bond acceptors (Lipinski definition) is 3. The fourth-order valence-electron chi connectivity index (χ4n) is 1.52. The molecule has 0 unspecified atom stereocenters. The Labute approximate surface area is 121 Å². The second-order valence-corrected chi connectivity index (χ2v) is 4.47. The van der Waals surface area contributed by atoms with Crippen LogP contribution in [0.2, 0.25) is 5.02 Å². The number of carbonyl (C=O) groups excluding carboxylic acids is 2. The number of halogens is 1. The minimum atomic E-state index is -0.271. The zero-order chi connectivity index (χ0) is 14.4. The highest BCUT2D eigenvalue weighted by atomic mass is 35.5. The highest BCUT2D eigenvalue weighted by Gasteiger charge is 2.03. The first-order valence-corrected chi connectivity index (χ1v) is 6.28. The number of aldehydes is 1. The Kier molecular flexibility index (Phi) is 4.74. The summed E-state index contributed by atoms with van der Waals surface area (Å²) >= 11 is 5.75. The quantitative estimate of drug-likeness (QED) is 0.860. The highest BCUT2D eigenvalue weighted by molar-refractivity contribution is 6.30. The molecular formula is C15H12ClNO3. The van der Waals surface area contributed by atoms with Gasteiger partial charge in [0.05, 0.1) is 0 Å². The van der Waals surface area contributed by atoms with E-state index in [2.05, 4.69) is 5.32 Å². The SMILES string of the molecule is O=Cc1ccc(OCC(=O)Nc2ccc(Cl)cc2)cc1. The number of rotatable bonds is 5. The molecule has 0 aliphatic rings. The van der Waals surface area contributed by atoms with Gasteiger partial charge in [-0.05, 0) is 48.5 Å². The van der Waals surface area contributed by atoms with Crippen LogP contribution in [0.3, 0.4) is 0 Å². The van der Waals surface area contributed by atoms with Gasteiger partial charge in [-0.25, -0.2) is 0 Å². The lowest BCUT2D eigenvalue weighted by atomic mass is 10.2. The molecule has 0 fully saturated rings. The number of nitrogens with one attached hydrogen (secondary N) is 1. The van der Waals surface area contributed by atoms with Gasteiger partial charge in [0, 0.05) is 16.3 Å². The van der Waals surface area contributed by atoms with Crippen LogP contribution in [0.5, 0.6) is 5.75 Å². The van der Waals surface area contributed by atoms with Crippen LogP contribution in [0.15, 0.2) is 48.5 Å². The molecule has 0 atom stereocenters. The predicted octanol–water partition coefficient (Wildman–Crippen LogP) is 3.17. The molecule has 1 amide bonds. The van der Waals surface area contributed by atoms with E-state index in [4.69, 9.17) is 16.3 Å². The largest absolute Gasteiger partial charge is 0.484 e. The Balaban J connectivity index is 1.85. The molecule has 0 aliphatic carbocycles. The summed E-state index contributed by atoms with van der Waals surface area (Å²) in [5, 5.41) is 3.29. The number of hydrogen-bond donors (Lipinski definition) is 1. The smallest absolute Gasteiger partial charge is 0.262 e. The molecule has 102 valence electrons. The molecule has 2 rings (SSSR count). The van der Waals surface area contributed by atoms with Gasteiger partial charge in [-0.15, -0.1) is 0 Å². The molecule has 0 saturated heterocycles. The van der Waals surface area contributed by atoms with E-state index in [-0.39, 0.29) is 12.5 Å². The summed E-state index contributed by atoms with van der Waals surface area (Å²) in [6.07, 6.45) is 0.747. The topological polar surface area (TPSA) is 55.4 Å². The maximum atomic E-state index is 11.7. The molecule has 0 bridgehead atoms. The Hall–Kier alpha value is -2.33. The van der Waals surface area contributed by atoms with Crippen molar-refractivity contribution in [2.24, 2.45) is 0 Å². The van der Waals surface area contributed by atoms with Gasteiger partial charge in [-0.3, -0.25) is 9.59 Å².